The molecule has 0 spiro atoms. The van der Waals surface area contributed by atoms with Crippen LogP contribution in [0.1, 0.15) is 12.5 Å². The van der Waals surface area contributed by atoms with Crippen molar-refractivity contribution < 1.29 is 13.3 Å². The molecule has 1 heterocycles. The number of nitrogens with two attached hydrogens (primary N) is 1. The van der Waals surface area contributed by atoms with Gasteiger partial charge in [-0.3, -0.25) is 10.1 Å². The van der Waals surface area contributed by atoms with Crippen molar-refractivity contribution in [2.75, 3.05) is 13.1 Å². The lowest BCUT2D eigenvalue weighted by Gasteiger charge is -2.17. The van der Waals surface area contributed by atoms with E-state index in [4.69, 9.17) is 5.73 Å². The van der Waals surface area contributed by atoms with Crippen LogP contribution in [0.25, 0.3) is 0 Å². The minimum atomic E-state index is -3.74. The first-order valence-electron chi connectivity index (χ1n) is 6.25. The number of hydrogen-bond donors (Lipinski definition) is 1. The van der Waals surface area contributed by atoms with Crippen LogP contribution in [-0.4, -0.2) is 36.8 Å². The minimum absolute atomic E-state index is 0.0204. The summed E-state index contributed by atoms with van der Waals surface area (Å²) in [7, 11) is -3.74. The fraction of sp³-hybridized carbons (Fsp3) is 0.500. The van der Waals surface area contributed by atoms with Gasteiger partial charge in [0.1, 0.15) is 0 Å². The molecule has 0 amide bonds. The van der Waals surface area contributed by atoms with Crippen LogP contribution in [0, 0.1) is 23.0 Å². The third kappa shape index (κ3) is 2.41. The number of hydrogen-bond acceptors (Lipinski definition) is 5. The SMILES string of the molecule is Cc1c([N+](=O)[O-])cccc1S(=O)(=O)N1CC(C)C(N)C1. The van der Waals surface area contributed by atoms with Gasteiger partial charge in [-0.05, 0) is 18.9 Å². The van der Waals surface area contributed by atoms with E-state index < -0.39 is 14.9 Å². The summed E-state index contributed by atoms with van der Waals surface area (Å²) in [6.45, 7) is 3.92. The van der Waals surface area contributed by atoms with E-state index in [0.29, 0.717) is 6.54 Å². The Bertz CT molecular complexity index is 634. The summed E-state index contributed by atoms with van der Waals surface area (Å²) < 4.78 is 26.4. The van der Waals surface area contributed by atoms with Crippen molar-refractivity contribution in [3.63, 3.8) is 0 Å². The molecule has 2 rings (SSSR count). The van der Waals surface area contributed by atoms with E-state index in [1.165, 1.54) is 29.4 Å². The third-order valence-corrected chi connectivity index (χ3v) is 5.68. The van der Waals surface area contributed by atoms with Crippen molar-refractivity contribution in [3.8, 4) is 0 Å². The number of nitro groups is 1. The molecule has 1 aromatic carbocycles. The maximum Gasteiger partial charge on any atom is 0.273 e. The summed E-state index contributed by atoms with van der Waals surface area (Å²) in [5.74, 6) is 0.0729. The van der Waals surface area contributed by atoms with Crippen LogP contribution < -0.4 is 5.73 Å². The van der Waals surface area contributed by atoms with E-state index in [-0.39, 0.29) is 34.7 Å². The molecular weight excluding hydrogens is 282 g/mol. The zero-order valence-corrected chi connectivity index (χ0v) is 12.1. The molecule has 0 aromatic heterocycles. The molecule has 1 aliphatic heterocycles. The number of rotatable bonds is 3. The van der Waals surface area contributed by atoms with Crippen LogP contribution in [-0.2, 0) is 10.0 Å². The van der Waals surface area contributed by atoms with Crippen LogP contribution >= 0.6 is 0 Å². The van der Waals surface area contributed by atoms with Crippen molar-refractivity contribution in [1.29, 1.82) is 0 Å². The minimum Gasteiger partial charge on any atom is -0.326 e. The molecular formula is C12H17N3O4S. The smallest absolute Gasteiger partial charge is 0.273 e. The average Bonchev–Trinajstić information content (AvgIpc) is 2.70. The maximum absolute atomic E-state index is 12.6. The van der Waals surface area contributed by atoms with E-state index in [2.05, 4.69) is 0 Å². The van der Waals surface area contributed by atoms with Gasteiger partial charge < -0.3 is 5.73 Å². The van der Waals surface area contributed by atoms with Crippen LogP contribution in [0.2, 0.25) is 0 Å². The van der Waals surface area contributed by atoms with Gasteiger partial charge in [0.25, 0.3) is 5.69 Å². The molecule has 2 unspecified atom stereocenters. The molecule has 0 aliphatic carbocycles. The van der Waals surface area contributed by atoms with E-state index >= 15 is 0 Å². The molecule has 7 nitrogen and oxygen atoms in total. The fourth-order valence-corrected chi connectivity index (χ4v) is 4.18. The summed E-state index contributed by atoms with van der Waals surface area (Å²) in [6, 6.07) is 3.87. The maximum atomic E-state index is 12.6. The van der Waals surface area contributed by atoms with Gasteiger partial charge in [-0.1, -0.05) is 13.0 Å². The fourth-order valence-electron chi connectivity index (χ4n) is 2.36. The van der Waals surface area contributed by atoms with Gasteiger partial charge in [-0.15, -0.1) is 0 Å². The van der Waals surface area contributed by atoms with Gasteiger partial charge in [0.2, 0.25) is 10.0 Å². The van der Waals surface area contributed by atoms with E-state index in [0.717, 1.165) is 0 Å². The van der Waals surface area contributed by atoms with Gasteiger partial charge in [0, 0.05) is 30.8 Å². The van der Waals surface area contributed by atoms with Crippen molar-refractivity contribution in [2.24, 2.45) is 11.7 Å². The molecule has 2 atom stereocenters. The Morgan fingerprint density at radius 3 is 2.55 bits per heavy atom. The molecule has 20 heavy (non-hydrogen) atoms. The first-order chi connectivity index (χ1) is 9.25. The number of nitrogens with zero attached hydrogens (tertiary/aromatic N) is 2. The molecule has 0 bridgehead atoms. The summed E-state index contributed by atoms with van der Waals surface area (Å²) in [4.78, 5) is 10.3. The summed E-state index contributed by atoms with van der Waals surface area (Å²) in [5.41, 5.74) is 5.81. The summed E-state index contributed by atoms with van der Waals surface area (Å²) in [6.07, 6.45) is 0. The van der Waals surface area contributed by atoms with Crippen LogP contribution in [0.5, 0.6) is 0 Å². The summed E-state index contributed by atoms with van der Waals surface area (Å²) in [5, 5.41) is 10.9. The predicted octanol–water partition coefficient (Wildman–Crippen LogP) is 0.871. The quantitative estimate of drug-likeness (QED) is 0.658. The van der Waals surface area contributed by atoms with E-state index in [1.54, 1.807) is 0 Å². The number of nitro benzene ring substituents is 1. The van der Waals surface area contributed by atoms with E-state index in [1.807, 2.05) is 6.92 Å². The zero-order valence-electron chi connectivity index (χ0n) is 11.3. The van der Waals surface area contributed by atoms with Gasteiger partial charge >= 0.3 is 0 Å². The monoisotopic (exact) mass is 299 g/mol. The van der Waals surface area contributed by atoms with Gasteiger partial charge in [0.15, 0.2) is 0 Å². The Hall–Kier alpha value is -1.51. The highest BCUT2D eigenvalue weighted by Gasteiger charge is 2.36. The highest BCUT2D eigenvalue weighted by Crippen LogP contribution is 2.29. The van der Waals surface area contributed by atoms with E-state index in [9.17, 15) is 18.5 Å². The van der Waals surface area contributed by atoms with Gasteiger partial charge in [-0.2, -0.15) is 4.31 Å². The second-order valence-electron chi connectivity index (χ2n) is 5.12. The zero-order chi connectivity index (χ0) is 15.1. The lowest BCUT2D eigenvalue weighted by atomic mass is 10.1. The third-order valence-electron chi connectivity index (χ3n) is 3.71. The van der Waals surface area contributed by atoms with Gasteiger partial charge in [-0.25, -0.2) is 8.42 Å². The van der Waals surface area contributed by atoms with Gasteiger partial charge in [0.05, 0.1) is 9.82 Å². The highest BCUT2D eigenvalue weighted by atomic mass is 32.2. The molecule has 0 saturated carbocycles. The Kier molecular flexibility index (Phi) is 3.81. The molecule has 0 radical (unpaired) electrons. The van der Waals surface area contributed by atoms with Crippen molar-refractivity contribution in [1.82, 2.24) is 4.31 Å². The number of benzene rings is 1. The first-order valence-corrected chi connectivity index (χ1v) is 7.69. The Morgan fingerprint density at radius 1 is 1.40 bits per heavy atom. The topological polar surface area (TPSA) is 107 Å². The van der Waals surface area contributed by atoms with Crippen LogP contribution in [0.3, 0.4) is 0 Å². The van der Waals surface area contributed by atoms with Crippen molar-refractivity contribution in [3.05, 3.63) is 33.9 Å². The second-order valence-corrected chi connectivity index (χ2v) is 7.03. The standard InChI is InChI=1S/C12H17N3O4S/c1-8-6-14(7-10(8)13)20(18,19)12-5-3-4-11(9(12)2)15(16)17/h3-5,8,10H,6-7,13H2,1-2H3. The van der Waals surface area contributed by atoms with Crippen molar-refractivity contribution >= 4 is 15.7 Å². The number of sulfonamides is 1. The highest BCUT2D eigenvalue weighted by molar-refractivity contribution is 7.89. The average molecular weight is 299 g/mol. The Balaban J connectivity index is 2.46. The molecule has 110 valence electrons. The van der Waals surface area contributed by atoms with Crippen LogP contribution in [0.15, 0.2) is 23.1 Å². The normalized spacial score (nSPS) is 23.9. The summed E-state index contributed by atoms with van der Waals surface area (Å²) >= 11 is 0. The molecule has 1 aliphatic rings. The lowest BCUT2D eigenvalue weighted by molar-refractivity contribution is -0.385. The molecule has 8 heteroatoms. The Labute approximate surface area is 117 Å². The molecule has 1 aromatic rings. The predicted molar refractivity (Wildman–Crippen MR) is 73.7 cm³/mol. The molecule has 1 fully saturated rings. The Morgan fingerprint density at radius 2 is 2.05 bits per heavy atom. The second kappa shape index (κ2) is 5.12. The largest absolute Gasteiger partial charge is 0.326 e. The molecule has 2 N–H and O–H groups in total. The van der Waals surface area contributed by atoms with Crippen molar-refractivity contribution in [2.45, 2.75) is 24.8 Å². The lowest BCUT2D eigenvalue weighted by Crippen LogP contribution is -2.32. The molecule has 1 saturated heterocycles. The first kappa shape index (κ1) is 14.9. The van der Waals surface area contributed by atoms with Crippen LogP contribution in [0.4, 0.5) is 5.69 Å².